The summed E-state index contributed by atoms with van der Waals surface area (Å²) in [5.41, 5.74) is -1.77. The van der Waals surface area contributed by atoms with Crippen LogP contribution < -0.4 is 5.32 Å². The fourth-order valence-electron chi connectivity index (χ4n) is 1.76. The van der Waals surface area contributed by atoms with Crippen LogP contribution in [0, 0.1) is 5.82 Å². The number of ether oxygens (including phenoxy) is 1. The van der Waals surface area contributed by atoms with Crippen molar-refractivity contribution in [3.63, 3.8) is 0 Å². The standard InChI is InChI=1S/C15H21ClFNO3/c1-14(2,3)21-13(20)18-15(4,5)12(19)9-7-6-8-10(16)11(9)17/h6-8,12,19H,1-5H3,(H,18,20). The van der Waals surface area contributed by atoms with Crippen molar-refractivity contribution < 1.29 is 19.0 Å². The van der Waals surface area contributed by atoms with Gasteiger partial charge in [-0.1, -0.05) is 23.7 Å². The summed E-state index contributed by atoms with van der Waals surface area (Å²) in [6.07, 6.45) is -1.96. The molecule has 0 spiro atoms. The second-order valence-corrected chi connectivity index (χ2v) is 6.80. The lowest BCUT2D eigenvalue weighted by molar-refractivity contribution is 0.0283. The third-order valence-electron chi connectivity index (χ3n) is 2.78. The van der Waals surface area contributed by atoms with Crippen LogP contribution in [0.25, 0.3) is 0 Å². The summed E-state index contributed by atoms with van der Waals surface area (Å²) in [5.74, 6) is -0.703. The highest BCUT2D eigenvalue weighted by Gasteiger charge is 2.34. The first-order chi connectivity index (χ1) is 9.44. The van der Waals surface area contributed by atoms with E-state index >= 15 is 0 Å². The van der Waals surface area contributed by atoms with Crippen molar-refractivity contribution in [2.45, 2.75) is 51.9 Å². The van der Waals surface area contributed by atoms with Crippen LogP contribution in [-0.4, -0.2) is 22.3 Å². The van der Waals surface area contributed by atoms with Gasteiger partial charge in [0.05, 0.1) is 10.6 Å². The Morgan fingerprint density at radius 1 is 1.33 bits per heavy atom. The van der Waals surface area contributed by atoms with Gasteiger partial charge >= 0.3 is 6.09 Å². The van der Waals surface area contributed by atoms with Gasteiger partial charge in [-0.3, -0.25) is 0 Å². The minimum absolute atomic E-state index is 0.0172. The number of hydrogen-bond donors (Lipinski definition) is 2. The molecule has 21 heavy (non-hydrogen) atoms. The van der Waals surface area contributed by atoms with Gasteiger partial charge in [0, 0.05) is 5.56 Å². The summed E-state index contributed by atoms with van der Waals surface area (Å²) in [6, 6.07) is 4.35. The molecule has 4 nitrogen and oxygen atoms in total. The van der Waals surface area contributed by atoms with E-state index in [0.29, 0.717) is 0 Å². The van der Waals surface area contributed by atoms with Crippen LogP contribution in [0.3, 0.4) is 0 Å². The Balaban J connectivity index is 2.91. The summed E-state index contributed by atoms with van der Waals surface area (Å²) in [7, 11) is 0. The number of carbonyl (C=O) groups is 1. The van der Waals surface area contributed by atoms with E-state index < -0.39 is 29.2 Å². The average Bonchev–Trinajstić information content (AvgIpc) is 2.28. The molecule has 1 amide bonds. The molecular weight excluding hydrogens is 297 g/mol. The van der Waals surface area contributed by atoms with Gasteiger partial charge in [-0.15, -0.1) is 0 Å². The van der Waals surface area contributed by atoms with Gasteiger partial charge in [-0.2, -0.15) is 0 Å². The van der Waals surface area contributed by atoms with Crippen LogP contribution in [-0.2, 0) is 4.74 Å². The van der Waals surface area contributed by atoms with Gasteiger partial charge < -0.3 is 15.2 Å². The maximum absolute atomic E-state index is 14.0. The van der Waals surface area contributed by atoms with Crippen LogP contribution in [0.5, 0.6) is 0 Å². The van der Waals surface area contributed by atoms with Crippen LogP contribution in [0.2, 0.25) is 5.02 Å². The number of carbonyl (C=O) groups excluding carboxylic acids is 1. The lowest BCUT2D eigenvalue weighted by Crippen LogP contribution is -2.49. The minimum atomic E-state index is -1.27. The monoisotopic (exact) mass is 317 g/mol. The molecule has 0 saturated carbocycles. The summed E-state index contributed by atoms with van der Waals surface area (Å²) in [4.78, 5) is 11.8. The number of alkyl carbamates (subject to hydrolysis) is 1. The maximum Gasteiger partial charge on any atom is 0.408 e. The Hall–Kier alpha value is -1.33. The number of hydrogen-bond acceptors (Lipinski definition) is 3. The summed E-state index contributed by atoms with van der Waals surface area (Å²) < 4.78 is 19.1. The quantitative estimate of drug-likeness (QED) is 0.891. The molecule has 0 bridgehead atoms. The smallest absolute Gasteiger partial charge is 0.408 e. The highest BCUT2D eigenvalue weighted by Crippen LogP contribution is 2.30. The van der Waals surface area contributed by atoms with Gasteiger partial charge in [-0.05, 0) is 40.7 Å². The Labute approximate surface area is 129 Å². The van der Waals surface area contributed by atoms with E-state index in [9.17, 15) is 14.3 Å². The molecule has 0 aliphatic carbocycles. The first-order valence-corrected chi connectivity index (χ1v) is 6.95. The lowest BCUT2D eigenvalue weighted by atomic mass is 9.91. The van der Waals surface area contributed by atoms with E-state index in [4.69, 9.17) is 16.3 Å². The first kappa shape index (κ1) is 17.7. The van der Waals surface area contributed by atoms with Gasteiger partial charge in [-0.25, -0.2) is 9.18 Å². The molecule has 1 unspecified atom stereocenters. The summed E-state index contributed by atoms with van der Waals surface area (Å²) in [5, 5.41) is 12.8. The van der Waals surface area contributed by atoms with E-state index in [2.05, 4.69) is 5.32 Å². The predicted molar refractivity (Wildman–Crippen MR) is 79.8 cm³/mol. The Morgan fingerprint density at radius 2 is 1.90 bits per heavy atom. The Kier molecular flexibility index (Phi) is 5.23. The molecule has 118 valence electrons. The van der Waals surface area contributed by atoms with Gasteiger partial charge in [0.1, 0.15) is 17.5 Å². The second-order valence-electron chi connectivity index (χ2n) is 6.39. The van der Waals surface area contributed by atoms with Crippen molar-refractivity contribution in [3.8, 4) is 0 Å². The average molecular weight is 318 g/mol. The topological polar surface area (TPSA) is 58.6 Å². The molecule has 0 aromatic heterocycles. The number of benzene rings is 1. The first-order valence-electron chi connectivity index (χ1n) is 6.57. The highest BCUT2D eigenvalue weighted by atomic mass is 35.5. The molecule has 0 saturated heterocycles. The van der Waals surface area contributed by atoms with E-state index in [1.165, 1.54) is 18.2 Å². The van der Waals surface area contributed by atoms with E-state index in [1.807, 2.05) is 0 Å². The summed E-state index contributed by atoms with van der Waals surface area (Å²) in [6.45, 7) is 8.33. The van der Waals surface area contributed by atoms with Crippen molar-refractivity contribution >= 4 is 17.7 Å². The van der Waals surface area contributed by atoms with Gasteiger partial charge in [0.25, 0.3) is 0 Å². The largest absolute Gasteiger partial charge is 0.444 e. The third kappa shape index (κ3) is 4.86. The molecule has 6 heteroatoms. The number of aliphatic hydroxyl groups is 1. The SMILES string of the molecule is CC(C)(C)OC(=O)NC(C)(C)C(O)c1cccc(Cl)c1F. The normalized spacial score (nSPS) is 13.7. The zero-order valence-corrected chi connectivity index (χ0v) is 13.6. The van der Waals surface area contributed by atoms with E-state index in [-0.39, 0.29) is 10.6 Å². The molecule has 1 rings (SSSR count). The molecule has 0 aliphatic rings. The third-order valence-corrected chi connectivity index (χ3v) is 3.07. The fraction of sp³-hybridized carbons (Fsp3) is 0.533. The molecule has 0 heterocycles. The molecule has 0 radical (unpaired) electrons. The van der Waals surface area contributed by atoms with Crippen molar-refractivity contribution in [2.24, 2.45) is 0 Å². The predicted octanol–water partition coefficient (Wildman–Crippen LogP) is 3.82. The van der Waals surface area contributed by atoms with Crippen LogP contribution in [0.1, 0.15) is 46.3 Å². The lowest BCUT2D eigenvalue weighted by Gasteiger charge is -2.33. The molecule has 1 atom stereocenters. The number of nitrogens with one attached hydrogen (secondary N) is 1. The second kappa shape index (κ2) is 6.20. The van der Waals surface area contributed by atoms with Crippen LogP contribution in [0.4, 0.5) is 9.18 Å². The minimum Gasteiger partial charge on any atom is -0.444 e. The molecule has 1 aromatic rings. The fourth-order valence-corrected chi connectivity index (χ4v) is 1.94. The molecule has 2 N–H and O–H groups in total. The number of rotatable bonds is 3. The van der Waals surface area contributed by atoms with Crippen LogP contribution in [0.15, 0.2) is 18.2 Å². The molecule has 0 fully saturated rings. The van der Waals surface area contributed by atoms with E-state index in [0.717, 1.165) is 0 Å². The van der Waals surface area contributed by atoms with Gasteiger partial charge in [0.15, 0.2) is 0 Å². The summed E-state index contributed by atoms with van der Waals surface area (Å²) >= 11 is 5.70. The molecular formula is C15H21ClFNO3. The van der Waals surface area contributed by atoms with Gasteiger partial charge in [0.2, 0.25) is 0 Å². The van der Waals surface area contributed by atoms with Crippen molar-refractivity contribution in [3.05, 3.63) is 34.6 Å². The number of amides is 1. The Bertz CT molecular complexity index is 526. The zero-order chi connectivity index (χ0) is 16.4. The van der Waals surface area contributed by atoms with Crippen molar-refractivity contribution in [1.29, 1.82) is 0 Å². The van der Waals surface area contributed by atoms with Crippen molar-refractivity contribution in [2.75, 3.05) is 0 Å². The zero-order valence-electron chi connectivity index (χ0n) is 12.8. The molecule has 1 aromatic carbocycles. The Morgan fingerprint density at radius 3 is 2.43 bits per heavy atom. The maximum atomic E-state index is 14.0. The highest BCUT2D eigenvalue weighted by molar-refractivity contribution is 6.30. The van der Waals surface area contributed by atoms with E-state index in [1.54, 1.807) is 34.6 Å². The number of aliphatic hydroxyl groups excluding tert-OH is 1. The molecule has 0 aliphatic heterocycles. The number of halogens is 2. The van der Waals surface area contributed by atoms with Crippen molar-refractivity contribution in [1.82, 2.24) is 5.32 Å². The van der Waals surface area contributed by atoms with Crippen LogP contribution >= 0.6 is 11.6 Å².